The third-order valence-corrected chi connectivity index (χ3v) is 5.63. The van der Waals surface area contributed by atoms with E-state index in [1.54, 1.807) is 7.11 Å². The molecule has 0 saturated heterocycles. The second-order valence-electron chi connectivity index (χ2n) is 7.54. The minimum Gasteiger partial charge on any atom is -0.493 e. The van der Waals surface area contributed by atoms with E-state index in [1.807, 2.05) is 30.3 Å². The third-order valence-electron chi connectivity index (χ3n) is 5.63. The van der Waals surface area contributed by atoms with Crippen LogP contribution in [0.3, 0.4) is 0 Å². The fourth-order valence-corrected chi connectivity index (χ4v) is 4.08. The zero-order valence-electron chi connectivity index (χ0n) is 17.0. The van der Waals surface area contributed by atoms with E-state index in [1.165, 1.54) is 11.1 Å². The number of para-hydroxylation sites is 1. The monoisotopic (exact) mass is 396 g/mol. The number of methoxy groups -OCH3 is 1. The first-order chi connectivity index (χ1) is 14.8. The largest absolute Gasteiger partial charge is 0.493 e. The number of fused-ring (bicyclic) bond motifs is 2. The zero-order valence-corrected chi connectivity index (χ0v) is 17.0. The molecule has 0 bridgehead atoms. The van der Waals surface area contributed by atoms with Crippen LogP contribution in [0.5, 0.6) is 11.5 Å². The molecule has 0 spiro atoms. The van der Waals surface area contributed by atoms with E-state index < -0.39 is 0 Å². The number of nitrogens with one attached hydrogen (secondary N) is 1. The van der Waals surface area contributed by atoms with Crippen molar-refractivity contribution < 1.29 is 9.47 Å². The Morgan fingerprint density at radius 1 is 0.933 bits per heavy atom. The van der Waals surface area contributed by atoms with Crippen molar-refractivity contribution in [1.82, 2.24) is 10.3 Å². The normalized spacial score (nSPS) is 15.6. The standard InChI is InChI=1S/C26H24N2O2/c1-29-24-15-20-13-14-27-26(23-12-11-19-9-5-6-10-22(19)28-23)21(20)16-25(24)30-17-18-7-3-2-4-8-18/h2-12,15-16,26-27H,13-14,17H2,1H3. The van der Waals surface area contributed by atoms with Crippen LogP contribution in [0, 0.1) is 0 Å². The number of rotatable bonds is 5. The fourth-order valence-electron chi connectivity index (χ4n) is 4.08. The average Bonchev–Trinajstić information content (AvgIpc) is 2.82. The molecule has 4 heteroatoms. The van der Waals surface area contributed by atoms with Gasteiger partial charge in [-0.3, -0.25) is 4.98 Å². The van der Waals surface area contributed by atoms with Gasteiger partial charge in [0.1, 0.15) is 6.61 Å². The molecular formula is C26H24N2O2. The Morgan fingerprint density at radius 3 is 2.63 bits per heavy atom. The van der Waals surface area contributed by atoms with Crippen LogP contribution in [0.15, 0.2) is 78.9 Å². The highest BCUT2D eigenvalue weighted by atomic mass is 16.5. The molecule has 4 aromatic rings. The molecule has 1 aliphatic heterocycles. The molecule has 4 nitrogen and oxygen atoms in total. The Hall–Kier alpha value is -3.37. The molecule has 1 atom stereocenters. The molecule has 3 aromatic carbocycles. The van der Waals surface area contributed by atoms with Gasteiger partial charge in [-0.15, -0.1) is 0 Å². The smallest absolute Gasteiger partial charge is 0.162 e. The molecule has 1 N–H and O–H groups in total. The van der Waals surface area contributed by atoms with E-state index in [2.05, 4.69) is 53.8 Å². The van der Waals surface area contributed by atoms with Crippen LogP contribution in [-0.4, -0.2) is 18.6 Å². The minimum absolute atomic E-state index is 0.0309. The molecule has 0 fully saturated rings. The highest BCUT2D eigenvalue weighted by Gasteiger charge is 2.25. The summed E-state index contributed by atoms with van der Waals surface area (Å²) in [5, 5.41) is 4.79. The number of aromatic nitrogens is 1. The Balaban J connectivity index is 1.51. The van der Waals surface area contributed by atoms with Crippen molar-refractivity contribution in [2.75, 3.05) is 13.7 Å². The van der Waals surface area contributed by atoms with Crippen molar-refractivity contribution in [3.63, 3.8) is 0 Å². The van der Waals surface area contributed by atoms with Crippen molar-refractivity contribution >= 4 is 10.9 Å². The SMILES string of the molecule is COc1cc2c(cc1OCc1ccccc1)C(c1ccc3ccccc3n1)NCC2. The van der Waals surface area contributed by atoms with Gasteiger partial charge in [0.2, 0.25) is 0 Å². The summed E-state index contributed by atoms with van der Waals surface area (Å²) >= 11 is 0. The van der Waals surface area contributed by atoms with E-state index in [9.17, 15) is 0 Å². The predicted molar refractivity (Wildman–Crippen MR) is 119 cm³/mol. The molecule has 0 aliphatic carbocycles. The number of hydrogen-bond acceptors (Lipinski definition) is 4. The van der Waals surface area contributed by atoms with Crippen molar-refractivity contribution in [2.24, 2.45) is 0 Å². The average molecular weight is 396 g/mol. The summed E-state index contributed by atoms with van der Waals surface area (Å²) in [6.45, 7) is 1.40. The van der Waals surface area contributed by atoms with Gasteiger partial charge in [0.25, 0.3) is 0 Å². The van der Waals surface area contributed by atoms with Gasteiger partial charge >= 0.3 is 0 Å². The summed E-state index contributed by atoms with van der Waals surface area (Å²) in [5.74, 6) is 1.53. The molecule has 30 heavy (non-hydrogen) atoms. The summed E-state index contributed by atoms with van der Waals surface area (Å²) in [6, 6.07) is 26.9. The lowest BCUT2D eigenvalue weighted by Gasteiger charge is -2.28. The first kappa shape index (κ1) is 18.6. The second-order valence-corrected chi connectivity index (χ2v) is 7.54. The molecule has 5 rings (SSSR count). The van der Waals surface area contributed by atoms with Gasteiger partial charge in [-0.1, -0.05) is 54.6 Å². The Kier molecular flexibility index (Phi) is 5.08. The lowest BCUT2D eigenvalue weighted by molar-refractivity contribution is 0.283. The number of pyridine rings is 1. The third kappa shape index (κ3) is 3.62. The van der Waals surface area contributed by atoms with Crippen LogP contribution >= 0.6 is 0 Å². The highest BCUT2D eigenvalue weighted by Crippen LogP contribution is 2.37. The van der Waals surface area contributed by atoms with Crippen molar-refractivity contribution in [2.45, 2.75) is 19.1 Å². The lowest BCUT2D eigenvalue weighted by Crippen LogP contribution is -2.31. The molecular weight excluding hydrogens is 372 g/mol. The Bertz CT molecular complexity index is 1170. The maximum absolute atomic E-state index is 6.16. The van der Waals surface area contributed by atoms with Gasteiger partial charge < -0.3 is 14.8 Å². The van der Waals surface area contributed by atoms with Crippen molar-refractivity contribution in [3.8, 4) is 11.5 Å². The first-order valence-electron chi connectivity index (χ1n) is 10.3. The maximum Gasteiger partial charge on any atom is 0.162 e. The maximum atomic E-state index is 6.16. The van der Waals surface area contributed by atoms with Crippen molar-refractivity contribution in [3.05, 3.63) is 101 Å². The van der Waals surface area contributed by atoms with Crippen molar-refractivity contribution in [1.29, 1.82) is 0 Å². The van der Waals surface area contributed by atoms with Crippen LogP contribution in [0.1, 0.15) is 28.4 Å². The van der Waals surface area contributed by atoms with Gasteiger partial charge in [-0.05, 0) is 47.4 Å². The number of ether oxygens (including phenoxy) is 2. The summed E-state index contributed by atoms with van der Waals surface area (Å²) in [5.41, 5.74) is 5.64. The molecule has 1 aromatic heterocycles. The van der Waals surface area contributed by atoms with E-state index in [0.29, 0.717) is 6.61 Å². The quantitative estimate of drug-likeness (QED) is 0.512. The van der Waals surface area contributed by atoms with E-state index in [-0.39, 0.29) is 6.04 Å². The summed E-state index contributed by atoms with van der Waals surface area (Å²) < 4.78 is 11.8. The summed E-state index contributed by atoms with van der Waals surface area (Å²) in [6.07, 6.45) is 0.953. The summed E-state index contributed by atoms with van der Waals surface area (Å²) in [4.78, 5) is 4.93. The lowest BCUT2D eigenvalue weighted by atomic mass is 9.91. The van der Waals surface area contributed by atoms with Crippen LogP contribution in [0.2, 0.25) is 0 Å². The van der Waals surface area contributed by atoms with Crippen LogP contribution in [-0.2, 0) is 13.0 Å². The van der Waals surface area contributed by atoms with Gasteiger partial charge in [0.05, 0.1) is 24.4 Å². The van der Waals surface area contributed by atoms with E-state index in [0.717, 1.165) is 46.6 Å². The van der Waals surface area contributed by atoms with Gasteiger partial charge in [0.15, 0.2) is 11.5 Å². The first-order valence-corrected chi connectivity index (χ1v) is 10.3. The van der Waals surface area contributed by atoms with Gasteiger partial charge in [-0.25, -0.2) is 0 Å². The summed E-state index contributed by atoms with van der Waals surface area (Å²) in [7, 11) is 1.69. The van der Waals surface area contributed by atoms with Gasteiger partial charge in [-0.2, -0.15) is 0 Å². The zero-order chi connectivity index (χ0) is 20.3. The molecule has 0 amide bonds. The van der Waals surface area contributed by atoms with Crippen LogP contribution in [0.25, 0.3) is 10.9 Å². The minimum atomic E-state index is 0.0309. The van der Waals surface area contributed by atoms with E-state index >= 15 is 0 Å². The molecule has 1 unspecified atom stereocenters. The Morgan fingerprint density at radius 2 is 1.77 bits per heavy atom. The highest BCUT2D eigenvalue weighted by molar-refractivity contribution is 5.78. The predicted octanol–water partition coefficient (Wildman–Crippen LogP) is 5.06. The Labute approximate surface area is 176 Å². The van der Waals surface area contributed by atoms with Crippen LogP contribution < -0.4 is 14.8 Å². The topological polar surface area (TPSA) is 43.4 Å². The number of benzene rings is 3. The number of hydrogen-bond donors (Lipinski definition) is 1. The van der Waals surface area contributed by atoms with Crippen LogP contribution in [0.4, 0.5) is 0 Å². The number of nitrogens with zero attached hydrogens (tertiary/aromatic N) is 1. The molecule has 0 radical (unpaired) electrons. The fraction of sp³-hybridized carbons (Fsp3) is 0.192. The molecule has 1 aliphatic rings. The van der Waals surface area contributed by atoms with E-state index in [4.69, 9.17) is 14.5 Å². The van der Waals surface area contributed by atoms with Gasteiger partial charge in [0, 0.05) is 11.9 Å². The molecule has 150 valence electrons. The second kappa shape index (κ2) is 8.17. The molecule has 2 heterocycles. The molecule has 0 saturated carbocycles.